The number of aromatic nitrogens is 1. The number of hydrogen-bond donors (Lipinski definition) is 1. The standard InChI is InChI=1S/C11H17ClN2O/c1-9-3-4-11(14-7-9)13-6-5-10(12)8-15-2/h3-4,7,10H,5-6,8H2,1-2H3,(H,13,14). The third-order valence-electron chi connectivity index (χ3n) is 2.02. The van der Waals surface area contributed by atoms with Crippen LogP contribution in [0.15, 0.2) is 18.3 Å². The van der Waals surface area contributed by atoms with E-state index in [2.05, 4.69) is 10.3 Å². The monoisotopic (exact) mass is 228 g/mol. The molecule has 3 nitrogen and oxygen atoms in total. The van der Waals surface area contributed by atoms with Crippen molar-refractivity contribution in [1.29, 1.82) is 0 Å². The van der Waals surface area contributed by atoms with E-state index in [-0.39, 0.29) is 5.38 Å². The molecular weight excluding hydrogens is 212 g/mol. The van der Waals surface area contributed by atoms with Crippen molar-refractivity contribution in [2.75, 3.05) is 25.6 Å². The van der Waals surface area contributed by atoms with Gasteiger partial charge in [0.05, 0.1) is 12.0 Å². The lowest BCUT2D eigenvalue weighted by molar-refractivity contribution is 0.196. The molecule has 0 fully saturated rings. The van der Waals surface area contributed by atoms with Gasteiger partial charge in [0.25, 0.3) is 0 Å². The van der Waals surface area contributed by atoms with E-state index in [1.54, 1.807) is 7.11 Å². The summed E-state index contributed by atoms with van der Waals surface area (Å²) in [6.45, 7) is 3.42. The van der Waals surface area contributed by atoms with Crippen molar-refractivity contribution < 1.29 is 4.74 Å². The Morgan fingerprint density at radius 1 is 1.53 bits per heavy atom. The summed E-state index contributed by atoms with van der Waals surface area (Å²) in [6, 6.07) is 4.00. The Morgan fingerprint density at radius 3 is 2.93 bits per heavy atom. The molecule has 1 heterocycles. The minimum Gasteiger partial charge on any atom is -0.383 e. The van der Waals surface area contributed by atoms with Crippen LogP contribution >= 0.6 is 11.6 Å². The van der Waals surface area contributed by atoms with E-state index >= 15 is 0 Å². The number of methoxy groups -OCH3 is 1. The number of pyridine rings is 1. The Balaban J connectivity index is 2.22. The summed E-state index contributed by atoms with van der Waals surface area (Å²) < 4.78 is 4.95. The fraction of sp³-hybridized carbons (Fsp3) is 0.545. The molecule has 0 radical (unpaired) electrons. The van der Waals surface area contributed by atoms with Gasteiger partial charge in [0.15, 0.2) is 0 Å². The number of rotatable bonds is 6. The van der Waals surface area contributed by atoms with Crippen molar-refractivity contribution in [2.24, 2.45) is 0 Å². The molecular formula is C11H17ClN2O. The molecule has 0 aliphatic rings. The normalized spacial score (nSPS) is 12.5. The van der Waals surface area contributed by atoms with Gasteiger partial charge in [0, 0.05) is 19.9 Å². The molecule has 4 heteroatoms. The Morgan fingerprint density at radius 2 is 2.33 bits per heavy atom. The van der Waals surface area contributed by atoms with Crippen LogP contribution < -0.4 is 5.32 Å². The first-order valence-corrected chi connectivity index (χ1v) is 5.45. The van der Waals surface area contributed by atoms with E-state index in [0.717, 1.165) is 24.3 Å². The highest BCUT2D eigenvalue weighted by atomic mass is 35.5. The maximum absolute atomic E-state index is 5.99. The van der Waals surface area contributed by atoms with Crippen LogP contribution in [0.4, 0.5) is 5.82 Å². The van der Waals surface area contributed by atoms with Gasteiger partial charge < -0.3 is 10.1 Å². The number of alkyl halides is 1. The topological polar surface area (TPSA) is 34.1 Å². The summed E-state index contributed by atoms with van der Waals surface area (Å²) in [5.74, 6) is 0.891. The van der Waals surface area contributed by atoms with Crippen LogP contribution in [0.2, 0.25) is 0 Å². The summed E-state index contributed by atoms with van der Waals surface area (Å²) in [5, 5.41) is 3.27. The summed E-state index contributed by atoms with van der Waals surface area (Å²) in [5.41, 5.74) is 1.16. The third kappa shape index (κ3) is 5.00. The zero-order valence-corrected chi connectivity index (χ0v) is 9.92. The molecule has 15 heavy (non-hydrogen) atoms. The second kappa shape index (κ2) is 6.64. The summed E-state index contributed by atoms with van der Waals surface area (Å²) in [4.78, 5) is 4.24. The number of aryl methyl sites for hydroxylation is 1. The molecule has 1 unspecified atom stereocenters. The summed E-state index contributed by atoms with van der Waals surface area (Å²) in [6.07, 6.45) is 2.71. The zero-order chi connectivity index (χ0) is 11.1. The SMILES string of the molecule is COCC(Cl)CCNc1ccc(C)cn1. The van der Waals surface area contributed by atoms with E-state index in [9.17, 15) is 0 Å². The molecule has 84 valence electrons. The molecule has 0 aliphatic heterocycles. The zero-order valence-electron chi connectivity index (χ0n) is 9.16. The van der Waals surface area contributed by atoms with Gasteiger partial charge in [-0.2, -0.15) is 0 Å². The molecule has 0 saturated carbocycles. The van der Waals surface area contributed by atoms with E-state index in [1.165, 1.54) is 0 Å². The first-order valence-electron chi connectivity index (χ1n) is 5.02. The van der Waals surface area contributed by atoms with Gasteiger partial charge in [-0.25, -0.2) is 4.98 Å². The number of halogens is 1. The molecule has 1 atom stereocenters. The first kappa shape index (κ1) is 12.3. The maximum atomic E-state index is 5.99. The Labute approximate surface area is 95.8 Å². The molecule has 0 aromatic carbocycles. The van der Waals surface area contributed by atoms with E-state index in [0.29, 0.717) is 6.61 Å². The third-order valence-corrected chi connectivity index (χ3v) is 2.37. The Kier molecular flexibility index (Phi) is 5.43. The molecule has 1 N–H and O–H groups in total. The number of anilines is 1. The van der Waals surface area contributed by atoms with E-state index in [1.807, 2.05) is 25.3 Å². The lowest BCUT2D eigenvalue weighted by atomic mass is 10.3. The number of ether oxygens (including phenoxy) is 1. The van der Waals surface area contributed by atoms with E-state index in [4.69, 9.17) is 16.3 Å². The largest absolute Gasteiger partial charge is 0.383 e. The fourth-order valence-corrected chi connectivity index (χ4v) is 1.43. The average molecular weight is 229 g/mol. The minimum atomic E-state index is 0.0629. The predicted molar refractivity (Wildman–Crippen MR) is 63.6 cm³/mol. The smallest absolute Gasteiger partial charge is 0.125 e. The fourth-order valence-electron chi connectivity index (χ4n) is 1.19. The molecule has 1 aromatic heterocycles. The highest BCUT2D eigenvalue weighted by Crippen LogP contribution is 2.06. The van der Waals surface area contributed by atoms with Crippen molar-refractivity contribution in [1.82, 2.24) is 4.98 Å². The average Bonchev–Trinajstić information content (AvgIpc) is 2.21. The molecule has 1 rings (SSSR count). The maximum Gasteiger partial charge on any atom is 0.125 e. The van der Waals surface area contributed by atoms with Gasteiger partial charge in [-0.1, -0.05) is 6.07 Å². The quantitative estimate of drug-likeness (QED) is 0.760. The van der Waals surface area contributed by atoms with Crippen molar-refractivity contribution in [3.8, 4) is 0 Å². The molecule has 0 amide bonds. The van der Waals surface area contributed by atoms with Crippen LogP contribution in [0.3, 0.4) is 0 Å². The van der Waals surface area contributed by atoms with Crippen molar-refractivity contribution in [2.45, 2.75) is 18.7 Å². The second-order valence-corrected chi connectivity index (χ2v) is 4.11. The highest BCUT2D eigenvalue weighted by Gasteiger charge is 2.02. The van der Waals surface area contributed by atoms with Gasteiger partial charge in [0.1, 0.15) is 5.82 Å². The summed E-state index contributed by atoms with van der Waals surface area (Å²) >= 11 is 5.99. The number of nitrogens with zero attached hydrogens (tertiary/aromatic N) is 1. The second-order valence-electron chi connectivity index (χ2n) is 3.49. The van der Waals surface area contributed by atoms with Crippen LogP contribution in [-0.2, 0) is 4.74 Å². The number of hydrogen-bond acceptors (Lipinski definition) is 3. The highest BCUT2D eigenvalue weighted by molar-refractivity contribution is 6.20. The predicted octanol–water partition coefficient (Wildman–Crippen LogP) is 2.45. The summed E-state index contributed by atoms with van der Waals surface area (Å²) in [7, 11) is 1.66. The first-order chi connectivity index (χ1) is 7.22. The van der Waals surface area contributed by atoms with Gasteiger partial charge in [-0.3, -0.25) is 0 Å². The lowest BCUT2D eigenvalue weighted by Gasteiger charge is -2.09. The van der Waals surface area contributed by atoms with Crippen LogP contribution in [-0.4, -0.2) is 30.6 Å². The molecule has 0 bridgehead atoms. The molecule has 0 aliphatic carbocycles. The number of nitrogens with one attached hydrogen (secondary N) is 1. The van der Waals surface area contributed by atoms with Gasteiger partial charge >= 0.3 is 0 Å². The van der Waals surface area contributed by atoms with Gasteiger partial charge in [-0.15, -0.1) is 11.6 Å². The Hall–Kier alpha value is -0.800. The van der Waals surface area contributed by atoms with Crippen LogP contribution in [0, 0.1) is 6.92 Å². The Bertz CT molecular complexity index is 276. The van der Waals surface area contributed by atoms with Crippen LogP contribution in [0.1, 0.15) is 12.0 Å². The van der Waals surface area contributed by atoms with Crippen molar-refractivity contribution in [3.05, 3.63) is 23.9 Å². The molecule has 0 saturated heterocycles. The van der Waals surface area contributed by atoms with E-state index < -0.39 is 0 Å². The lowest BCUT2D eigenvalue weighted by Crippen LogP contribution is -2.13. The molecule has 0 spiro atoms. The van der Waals surface area contributed by atoms with Gasteiger partial charge in [0.2, 0.25) is 0 Å². The molecule has 1 aromatic rings. The minimum absolute atomic E-state index is 0.0629. The van der Waals surface area contributed by atoms with Gasteiger partial charge in [-0.05, 0) is 25.0 Å². The van der Waals surface area contributed by atoms with Crippen LogP contribution in [0.25, 0.3) is 0 Å². The van der Waals surface area contributed by atoms with Crippen molar-refractivity contribution >= 4 is 17.4 Å². The van der Waals surface area contributed by atoms with Crippen LogP contribution in [0.5, 0.6) is 0 Å². The van der Waals surface area contributed by atoms with Crippen molar-refractivity contribution in [3.63, 3.8) is 0 Å².